The Kier molecular flexibility index (Phi) is 5.45. The van der Waals surface area contributed by atoms with Crippen molar-refractivity contribution in [2.24, 2.45) is 0 Å². The van der Waals surface area contributed by atoms with Crippen molar-refractivity contribution in [2.45, 2.75) is 25.3 Å². The molecule has 3 amide bonds. The van der Waals surface area contributed by atoms with Crippen LogP contribution in [0.4, 0.5) is 5.69 Å². The fraction of sp³-hybridized carbons (Fsp3) is 0.278. The van der Waals surface area contributed by atoms with E-state index in [0.717, 1.165) is 12.8 Å². The second kappa shape index (κ2) is 7.94. The average molecular weight is 357 g/mol. The molecule has 130 valence electrons. The van der Waals surface area contributed by atoms with E-state index < -0.39 is 0 Å². The van der Waals surface area contributed by atoms with Crippen LogP contribution < -0.4 is 16.0 Å². The van der Waals surface area contributed by atoms with Crippen LogP contribution in [0.15, 0.2) is 41.8 Å². The molecule has 0 spiro atoms. The molecule has 0 bridgehead atoms. The first-order chi connectivity index (χ1) is 12.1. The summed E-state index contributed by atoms with van der Waals surface area (Å²) in [5.74, 6) is -0.616. The molecule has 3 rings (SSSR count). The molecular weight excluding hydrogens is 338 g/mol. The summed E-state index contributed by atoms with van der Waals surface area (Å²) in [7, 11) is 0. The average Bonchev–Trinajstić information content (AvgIpc) is 3.24. The molecule has 1 fully saturated rings. The highest BCUT2D eigenvalue weighted by molar-refractivity contribution is 7.12. The van der Waals surface area contributed by atoms with Crippen molar-refractivity contribution in [1.82, 2.24) is 10.6 Å². The van der Waals surface area contributed by atoms with Crippen molar-refractivity contribution < 1.29 is 14.4 Å². The molecule has 6 nitrogen and oxygen atoms in total. The lowest BCUT2D eigenvalue weighted by molar-refractivity contribution is -0.116. The predicted molar refractivity (Wildman–Crippen MR) is 96.8 cm³/mol. The lowest BCUT2D eigenvalue weighted by Crippen LogP contribution is -2.29. The van der Waals surface area contributed by atoms with Gasteiger partial charge in [0.05, 0.1) is 16.1 Å². The Balaban J connectivity index is 1.50. The van der Waals surface area contributed by atoms with Gasteiger partial charge in [0.1, 0.15) is 0 Å². The topological polar surface area (TPSA) is 87.3 Å². The maximum absolute atomic E-state index is 12.2. The van der Waals surface area contributed by atoms with Gasteiger partial charge in [0.15, 0.2) is 0 Å². The summed E-state index contributed by atoms with van der Waals surface area (Å²) in [6, 6.07) is 10.7. The summed E-state index contributed by atoms with van der Waals surface area (Å²) < 4.78 is 0. The number of amides is 3. The molecule has 1 aliphatic rings. The maximum atomic E-state index is 12.2. The molecule has 1 aromatic carbocycles. The van der Waals surface area contributed by atoms with E-state index in [-0.39, 0.29) is 36.7 Å². The molecule has 0 atom stereocenters. The minimum Gasteiger partial charge on any atom is -0.351 e. The molecule has 2 aromatic rings. The molecule has 0 radical (unpaired) electrons. The molecule has 3 N–H and O–H groups in total. The summed E-state index contributed by atoms with van der Waals surface area (Å²) in [4.78, 5) is 36.7. The Bertz CT molecular complexity index is 770. The number of benzene rings is 1. The highest BCUT2D eigenvalue weighted by Gasteiger charge is 2.25. The fourth-order valence-corrected chi connectivity index (χ4v) is 2.92. The first-order valence-corrected chi connectivity index (χ1v) is 9.03. The minimum atomic E-state index is -0.252. The van der Waals surface area contributed by atoms with E-state index in [1.807, 2.05) is 5.38 Å². The lowest BCUT2D eigenvalue weighted by Gasteiger charge is -2.11. The van der Waals surface area contributed by atoms with Crippen LogP contribution in [-0.4, -0.2) is 30.3 Å². The molecule has 0 aliphatic heterocycles. The van der Waals surface area contributed by atoms with Crippen LogP contribution in [0.25, 0.3) is 0 Å². The Labute approximate surface area is 149 Å². The van der Waals surface area contributed by atoms with Crippen molar-refractivity contribution in [1.29, 1.82) is 0 Å². The van der Waals surface area contributed by atoms with Crippen LogP contribution in [-0.2, 0) is 4.79 Å². The molecule has 1 aromatic heterocycles. The zero-order chi connectivity index (χ0) is 17.6. The normalized spacial score (nSPS) is 13.1. The molecule has 1 saturated carbocycles. The standard InChI is InChI=1S/C18H19N3O3S/c22-16(9-10-19-18(24)15-6-3-11-25-15)21-14-5-2-1-4-13(14)17(23)20-12-7-8-12/h1-6,11-12H,7-10H2,(H,19,24)(H,20,23)(H,21,22). The summed E-state index contributed by atoms with van der Waals surface area (Å²) in [6.45, 7) is 0.235. The second-order valence-corrected chi connectivity index (χ2v) is 6.77. The van der Waals surface area contributed by atoms with Crippen molar-refractivity contribution in [3.8, 4) is 0 Å². The van der Waals surface area contributed by atoms with Crippen molar-refractivity contribution in [2.75, 3.05) is 11.9 Å². The highest BCUT2D eigenvalue weighted by atomic mass is 32.1. The second-order valence-electron chi connectivity index (χ2n) is 5.82. The minimum absolute atomic E-state index is 0.135. The van der Waals surface area contributed by atoms with Gasteiger partial charge in [-0.05, 0) is 36.4 Å². The third-order valence-corrected chi connectivity index (χ3v) is 4.61. The van der Waals surface area contributed by atoms with Crippen LogP contribution in [0.5, 0.6) is 0 Å². The van der Waals surface area contributed by atoms with Crippen LogP contribution in [0.2, 0.25) is 0 Å². The zero-order valence-electron chi connectivity index (χ0n) is 13.6. The molecule has 1 heterocycles. The number of rotatable bonds is 7. The first kappa shape index (κ1) is 17.2. The predicted octanol–water partition coefficient (Wildman–Crippen LogP) is 2.40. The van der Waals surface area contributed by atoms with Gasteiger partial charge in [-0.2, -0.15) is 0 Å². The number of carbonyl (C=O) groups excluding carboxylic acids is 3. The van der Waals surface area contributed by atoms with Gasteiger partial charge < -0.3 is 16.0 Å². The van der Waals surface area contributed by atoms with Crippen LogP contribution in [0.1, 0.15) is 39.3 Å². The quantitative estimate of drug-likeness (QED) is 0.711. The molecule has 7 heteroatoms. The fourth-order valence-electron chi connectivity index (χ4n) is 2.28. The largest absolute Gasteiger partial charge is 0.351 e. The molecule has 0 saturated heterocycles. The van der Waals surface area contributed by atoms with Crippen molar-refractivity contribution >= 4 is 34.7 Å². The summed E-state index contributed by atoms with van der Waals surface area (Å²) in [5.41, 5.74) is 0.931. The highest BCUT2D eigenvalue weighted by Crippen LogP contribution is 2.21. The van der Waals surface area contributed by atoms with E-state index in [9.17, 15) is 14.4 Å². The third kappa shape index (κ3) is 4.90. The summed E-state index contributed by atoms with van der Waals surface area (Å²) >= 11 is 1.35. The Morgan fingerprint density at radius 3 is 2.56 bits per heavy atom. The molecule has 25 heavy (non-hydrogen) atoms. The summed E-state index contributed by atoms with van der Waals surface area (Å²) in [6.07, 6.45) is 2.14. The monoisotopic (exact) mass is 357 g/mol. The summed E-state index contributed by atoms with van der Waals surface area (Å²) in [5, 5.41) is 10.2. The van der Waals surface area contributed by atoms with Crippen LogP contribution in [0.3, 0.4) is 0 Å². The van der Waals surface area contributed by atoms with Gasteiger partial charge in [0.25, 0.3) is 11.8 Å². The zero-order valence-corrected chi connectivity index (χ0v) is 14.4. The van der Waals surface area contributed by atoms with Gasteiger partial charge in [-0.25, -0.2) is 0 Å². The van der Waals surface area contributed by atoms with Gasteiger partial charge in [-0.15, -0.1) is 11.3 Å². The van der Waals surface area contributed by atoms with Gasteiger partial charge in [0.2, 0.25) is 5.91 Å². The van der Waals surface area contributed by atoms with E-state index in [4.69, 9.17) is 0 Å². The number of nitrogens with one attached hydrogen (secondary N) is 3. The van der Waals surface area contributed by atoms with Gasteiger partial charge in [-0.3, -0.25) is 14.4 Å². The maximum Gasteiger partial charge on any atom is 0.261 e. The number of anilines is 1. The lowest BCUT2D eigenvalue weighted by atomic mass is 10.1. The number of thiophene rings is 1. The number of para-hydroxylation sites is 1. The smallest absolute Gasteiger partial charge is 0.261 e. The van der Waals surface area contributed by atoms with Crippen LogP contribution in [0, 0.1) is 0 Å². The molecule has 0 unspecified atom stereocenters. The number of hydrogen-bond acceptors (Lipinski definition) is 4. The van der Waals surface area contributed by atoms with Crippen LogP contribution >= 0.6 is 11.3 Å². The van der Waals surface area contributed by atoms with E-state index >= 15 is 0 Å². The Morgan fingerprint density at radius 2 is 1.84 bits per heavy atom. The molecular formula is C18H19N3O3S. The number of hydrogen-bond donors (Lipinski definition) is 3. The Hall–Kier alpha value is -2.67. The third-order valence-electron chi connectivity index (χ3n) is 3.74. The van der Waals surface area contributed by atoms with Gasteiger partial charge >= 0.3 is 0 Å². The van der Waals surface area contributed by atoms with Crippen molar-refractivity contribution in [3.63, 3.8) is 0 Å². The van der Waals surface area contributed by atoms with E-state index in [2.05, 4.69) is 16.0 Å². The van der Waals surface area contributed by atoms with E-state index in [1.165, 1.54) is 11.3 Å². The SMILES string of the molecule is O=C(CCNC(=O)c1cccs1)Nc1ccccc1C(=O)NC1CC1. The van der Waals surface area contributed by atoms with E-state index in [1.54, 1.807) is 36.4 Å². The number of carbonyl (C=O) groups is 3. The first-order valence-electron chi connectivity index (χ1n) is 8.15. The van der Waals surface area contributed by atoms with E-state index in [0.29, 0.717) is 16.1 Å². The Morgan fingerprint density at radius 1 is 1.04 bits per heavy atom. The molecule has 1 aliphatic carbocycles. The van der Waals surface area contributed by atoms with Crippen molar-refractivity contribution in [3.05, 3.63) is 52.2 Å². The van der Waals surface area contributed by atoms with Gasteiger partial charge in [0, 0.05) is 19.0 Å². The van der Waals surface area contributed by atoms with Gasteiger partial charge in [-0.1, -0.05) is 18.2 Å².